The van der Waals surface area contributed by atoms with Crippen LogP contribution in [-0.4, -0.2) is 56.4 Å². The topological polar surface area (TPSA) is 55.8 Å². The van der Waals surface area contributed by atoms with Crippen molar-refractivity contribution < 1.29 is 32.2 Å². The van der Waals surface area contributed by atoms with E-state index >= 15 is 0 Å². The van der Waals surface area contributed by atoms with Gasteiger partial charge in [0.1, 0.15) is 13.2 Å². The third-order valence-corrected chi connectivity index (χ3v) is 2.96. The van der Waals surface area contributed by atoms with Crippen LogP contribution in [0.3, 0.4) is 0 Å². The molecule has 5 nitrogen and oxygen atoms in total. The maximum atomic E-state index is 11.8. The summed E-state index contributed by atoms with van der Waals surface area (Å²) in [6, 6.07) is 0. The normalized spacial score (nSPS) is 23.5. The average molecular weight is 283 g/mol. The number of esters is 1. The van der Waals surface area contributed by atoms with Gasteiger partial charge in [-0.15, -0.1) is 0 Å². The summed E-state index contributed by atoms with van der Waals surface area (Å²) in [4.78, 5) is 24.3. The summed E-state index contributed by atoms with van der Waals surface area (Å²) < 4.78 is 44.4. The Kier molecular flexibility index (Phi) is 5.16. The number of methoxy groups -OCH3 is 1. The molecule has 1 rings (SSSR count). The Morgan fingerprint density at radius 3 is 2.47 bits per heavy atom. The summed E-state index contributed by atoms with van der Waals surface area (Å²) in [6.07, 6.45) is -4.45. The predicted molar refractivity (Wildman–Crippen MR) is 58.1 cm³/mol. The lowest BCUT2D eigenvalue weighted by Gasteiger charge is -2.16. The second kappa shape index (κ2) is 6.23. The van der Waals surface area contributed by atoms with E-state index < -0.39 is 37.2 Å². The molecule has 0 aromatic heterocycles. The summed E-state index contributed by atoms with van der Waals surface area (Å²) in [5, 5.41) is 0. The highest BCUT2D eigenvalue weighted by molar-refractivity contribution is 5.80. The molecule has 0 aliphatic carbocycles. The fourth-order valence-corrected chi connectivity index (χ4v) is 1.97. The summed E-state index contributed by atoms with van der Waals surface area (Å²) in [7, 11) is 1.26. The number of nitrogens with zero attached hydrogens (tertiary/aromatic N) is 1. The quantitative estimate of drug-likeness (QED) is 0.717. The first kappa shape index (κ1) is 15.7. The largest absolute Gasteiger partial charge is 0.469 e. The van der Waals surface area contributed by atoms with Gasteiger partial charge in [0.05, 0.1) is 13.0 Å². The van der Waals surface area contributed by atoms with Gasteiger partial charge < -0.3 is 14.4 Å². The van der Waals surface area contributed by atoms with Crippen LogP contribution in [-0.2, 0) is 19.1 Å². The van der Waals surface area contributed by atoms with Crippen molar-refractivity contribution in [3.8, 4) is 0 Å². The Hall–Kier alpha value is -1.31. The Balaban J connectivity index is 2.41. The maximum absolute atomic E-state index is 11.8. The number of ether oxygens (including phenoxy) is 2. The zero-order valence-corrected chi connectivity index (χ0v) is 10.7. The fourth-order valence-electron chi connectivity index (χ4n) is 1.97. The smallest absolute Gasteiger partial charge is 0.411 e. The molecular weight excluding hydrogens is 267 g/mol. The molecule has 1 heterocycles. The number of carbonyl (C=O) groups excluding carboxylic acids is 2. The molecule has 2 atom stereocenters. The lowest BCUT2D eigenvalue weighted by atomic mass is 9.99. The van der Waals surface area contributed by atoms with Crippen LogP contribution in [0.2, 0.25) is 0 Å². The Morgan fingerprint density at radius 2 is 1.95 bits per heavy atom. The molecule has 1 saturated heterocycles. The number of amides is 1. The van der Waals surface area contributed by atoms with E-state index in [0.29, 0.717) is 6.54 Å². The lowest BCUT2D eigenvalue weighted by Crippen LogP contribution is -2.34. The van der Waals surface area contributed by atoms with Crippen LogP contribution >= 0.6 is 0 Å². The van der Waals surface area contributed by atoms with Crippen LogP contribution in [0.15, 0.2) is 0 Å². The highest BCUT2D eigenvalue weighted by atomic mass is 19.4. The van der Waals surface area contributed by atoms with Crippen molar-refractivity contribution in [2.24, 2.45) is 11.8 Å². The number of hydrogen-bond donors (Lipinski definition) is 0. The van der Waals surface area contributed by atoms with Crippen LogP contribution in [0.4, 0.5) is 13.2 Å². The van der Waals surface area contributed by atoms with Crippen molar-refractivity contribution in [1.82, 2.24) is 4.90 Å². The third-order valence-electron chi connectivity index (χ3n) is 2.96. The standard InChI is InChI=1S/C11H16F3NO4/c1-7-3-15(4-8(7)10(17)18-2)9(16)5-19-6-11(12,13)14/h7-8H,3-6H2,1-2H3. The van der Waals surface area contributed by atoms with Gasteiger partial charge in [-0.1, -0.05) is 6.92 Å². The minimum absolute atomic E-state index is 0.0842. The van der Waals surface area contributed by atoms with Gasteiger partial charge in [-0.05, 0) is 5.92 Å². The predicted octanol–water partition coefficient (Wildman–Crippen LogP) is 0.833. The van der Waals surface area contributed by atoms with E-state index in [9.17, 15) is 22.8 Å². The molecule has 2 unspecified atom stereocenters. The maximum Gasteiger partial charge on any atom is 0.411 e. The molecule has 0 spiro atoms. The van der Waals surface area contributed by atoms with Crippen molar-refractivity contribution in [3.63, 3.8) is 0 Å². The molecule has 0 saturated carbocycles. The Bertz CT molecular complexity index is 345. The van der Waals surface area contributed by atoms with Gasteiger partial charge in [-0.2, -0.15) is 13.2 Å². The first-order valence-electron chi connectivity index (χ1n) is 5.74. The van der Waals surface area contributed by atoms with Crippen molar-refractivity contribution >= 4 is 11.9 Å². The number of likely N-dealkylation sites (tertiary alicyclic amines) is 1. The van der Waals surface area contributed by atoms with Crippen LogP contribution in [0.1, 0.15) is 6.92 Å². The molecular formula is C11H16F3NO4. The molecule has 110 valence electrons. The fraction of sp³-hybridized carbons (Fsp3) is 0.818. The number of halogens is 3. The van der Waals surface area contributed by atoms with E-state index in [2.05, 4.69) is 9.47 Å². The van der Waals surface area contributed by atoms with Crippen LogP contribution in [0.5, 0.6) is 0 Å². The van der Waals surface area contributed by atoms with Gasteiger partial charge in [-0.3, -0.25) is 9.59 Å². The van der Waals surface area contributed by atoms with E-state index in [0.717, 1.165) is 0 Å². The number of alkyl halides is 3. The van der Waals surface area contributed by atoms with Gasteiger partial charge in [0, 0.05) is 13.1 Å². The molecule has 0 aromatic rings. The van der Waals surface area contributed by atoms with E-state index in [1.807, 2.05) is 0 Å². The number of hydrogen-bond acceptors (Lipinski definition) is 4. The van der Waals surface area contributed by atoms with Crippen LogP contribution in [0.25, 0.3) is 0 Å². The highest BCUT2D eigenvalue weighted by Crippen LogP contribution is 2.24. The van der Waals surface area contributed by atoms with Gasteiger partial charge in [-0.25, -0.2) is 0 Å². The minimum Gasteiger partial charge on any atom is -0.469 e. The first-order valence-corrected chi connectivity index (χ1v) is 5.74. The van der Waals surface area contributed by atoms with Gasteiger partial charge >= 0.3 is 12.1 Å². The summed E-state index contributed by atoms with van der Waals surface area (Å²) in [5.41, 5.74) is 0. The van der Waals surface area contributed by atoms with Crippen molar-refractivity contribution in [2.75, 3.05) is 33.4 Å². The van der Waals surface area contributed by atoms with Gasteiger partial charge in [0.2, 0.25) is 5.91 Å². The Morgan fingerprint density at radius 1 is 1.32 bits per heavy atom. The molecule has 1 amide bonds. The van der Waals surface area contributed by atoms with Gasteiger partial charge in [0.15, 0.2) is 0 Å². The van der Waals surface area contributed by atoms with E-state index in [1.165, 1.54) is 12.0 Å². The van der Waals surface area contributed by atoms with Crippen molar-refractivity contribution in [3.05, 3.63) is 0 Å². The average Bonchev–Trinajstić information content (AvgIpc) is 2.68. The molecule has 0 aromatic carbocycles. The summed E-state index contributed by atoms with van der Waals surface area (Å²) >= 11 is 0. The molecule has 0 N–H and O–H groups in total. The van der Waals surface area contributed by atoms with E-state index in [4.69, 9.17) is 0 Å². The third kappa shape index (κ3) is 4.70. The van der Waals surface area contributed by atoms with Crippen LogP contribution in [0, 0.1) is 11.8 Å². The molecule has 0 radical (unpaired) electrons. The molecule has 1 fully saturated rings. The lowest BCUT2D eigenvalue weighted by molar-refractivity contribution is -0.177. The molecule has 8 heteroatoms. The monoisotopic (exact) mass is 283 g/mol. The number of rotatable bonds is 4. The second-order valence-corrected chi connectivity index (χ2v) is 4.51. The molecule has 1 aliphatic rings. The summed E-state index contributed by atoms with van der Waals surface area (Å²) in [6.45, 7) is 0.157. The molecule has 0 bridgehead atoms. The Labute approximate surface area is 108 Å². The summed E-state index contributed by atoms with van der Waals surface area (Å²) in [5.74, 6) is -1.49. The molecule has 1 aliphatic heterocycles. The minimum atomic E-state index is -4.45. The van der Waals surface area contributed by atoms with Crippen molar-refractivity contribution in [1.29, 1.82) is 0 Å². The second-order valence-electron chi connectivity index (χ2n) is 4.51. The van der Waals surface area contributed by atoms with Gasteiger partial charge in [0.25, 0.3) is 0 Å². The highest BCUT2D eigenvalue weighted by Gasteiger charge is 2.38. The number of carbonyl (C=O) groups is 2. The molecule has 19 heavy (non-hydrogen) atoms. The van der Waals surface area contributed by atoms with Crippen LogP contribution < -0.4 is 0 Å². The zero-order valence-electron chi connectivity index (χ0n) is 10.7. The first-order chi connectivity index (χ1) is 8.74. The van der Waals surface area contributed by atoms with E-state index in [1.54, 1.807) is 6.92 Å². The van der Waals surface area contributed by atoms with E-state index in [-0.39, 0.29) is 12.5 Å². The van der Waals surface area contributed by atoms with Crippen molar-refractivity contribution in [2.45, 2.75) is 13.1 Å². The zero-order chi connectivity index (χ0) is 14.6. The SMILES string of the molecule is COC(=O)C1CN(C(=O)COCC(F)(F)F)CC1C.